The van der Waals surface area contributed by atoms with Gasteiger partial charge in [0.2, 0.25) is 10.0 Å². The first-order valence-electron chi connectivity index (χ1n) is 8.82. The van der Waals surface area contributed by atoms with Gasteiger partial charge in [-0.15, -0.1) is 0 Å². The molecule has 3 aromatic rings. The van der Waals surface area contributed by atoms with Crippen LogP contribution in [-0.4, -0.2) is 24.1 Å². The van der Waals surface area contributed by atoms with E-state index in [1.54, 1.807) is 55.6 Å². The van der Waals surface area contributed by atoms with Crippen molar-refractivity contribution in [3.05, 3.63) is 88.7 Å². The number of hydrogen-bond donors (Lipinski definition) is 0. The summed E-state index contributed by atoms with van der Waals surface area (Å²) < 4.78 is 32.1. The summed E-state index contributed by atoms with van der Waals surface area (Å²) >= 11 is 0. The Morgan fingerprint density at radius 1 is 1.00 bits per heavy atom. The van der Waals surface area contributed by atoms with Crippen LogP contribution in [0.15, 0.2) is 72.9 Å². The maximum Gasteiger partial charge on any atom is 0.269 e. The van der Waals surface area contributed by atoms with Gasteiger partial charge in [0.25, 0.3) is 5.69 Å². The van der Waals surface area contributed by atoms with Gasteiger partial charge in [-0.3, -0.25) is 19.4 Å². The summed E-state index contributed by atoms with van der Waals surface area (Å²) in [6.45, 7) is 1.71. The van der Waals surface area contributed by atoms with E-state index in [0.717, 1.165) is 0 Å². The fourth-order valence-corrected chi connectivity index (χ4v) is 3.68. The molecule has 0 aliphatic heterocycles. The second-order valence-corrected chi connectivity index (χ2v) is 8.26. The molecule has 0 amide bonds. The normalized spacial score (nSPS) is 11.1. The molecule has 0 aliphatic rings. The number of pyridine rings is 1. The fourth-order valence-electron chi connectivity index (χ4n) is 2.60. The summed E-state index contributed by atoms with van der Waals surface area (Å²) in [5.74, 6) is 0.880. The molecule has 1 heterocycles. The van der Waals surface area contributed by atoms with E-state index < -0.39 is 14.9 Å². The first kappa shape index (κ1) is 20.3. The van der Waals surface area contributed by atoms with Crippen molar-refractivity contribution >= 4 is 21.4 Å². The lowest BCUT2D eigenvalue weighted by molar-refractivity contribution is -0.384. The predicted molar refractivity (Wildman–Crippen MR) is 109 cm³/mol. The summed E-state index contributed by atoms with van der Waals surface area (Å²) in [6, 6.07) is 17.6. The Balaban J connectivity index is 1.80. The van der Waals surface area contributed by atoms with Gasteiger partial charge in [-0.25, -0.2) is 8.42 Å². The summed E-state index contributed by atoms with van der Waals surface area (Å²) in [5.41, 5.74) is 1.10. The molecular weight excluding hydrogens is 394 g/mol. The third-order valence-corrected chi connectivity index (χ3v) is 5.88. The zero-order valence-corrected chi connectivity index (χ0v) is 16.5. The average Bonchev–Trinajstić information content (AvgIpc) is 2.74. The lowest BCUT2D eigenvalue weighted by atomic mass is 10.2. The number of anilines is 1. The van der Waals surface area contributed by atoms with Crippen molar-refractivity contribution in [3.8, 4) is 11.5 Å². The highest BCUT2D eigenvalue weighted by atomic mass is 32.2. The smallest absolute Gasteiger partial charge is 0.269 e. The Morgan fingerprint density at radius 3 is 2.14 bits per heavy atom. The highest BCUT2D eigenvalue weighted by Crippen LogP contribution is 2.28. The number of aromatic nitrogens is 1. The molecule has 0 bridgehead atoms. The van der Waals surface area contributed by atoms with Crippen LogP contribution in [0.4, 0.5) is 11.4 Å². The number of rotatable bonds is 8. The zero-order valence-electron chi connectivity index (χ0n) is 15.6. The van der Waals surface area contributed by atoms with Crippen molar-refractivity contribution in [1.82, 2.24) is 4.98 Å². The van der Waals surface area contributed by atoms with Gasteiger partial charge in [0, 0.05) is 18.3 Å². The first-order chi connectivity index (χ1) is 13.9. The van der Waals surface area contributed by atoms with Gasteiger partial charge in [0.1, 0.15) is 11.5 Å². The number of hydrogen-bond acceptors (Lipinski definition) is 6. The van der Waals surface area contributed by atoms with Crippen LogP contribution < -0.4 is 9.04 Å². The summed E-state index contributed by atoms with van der Waals surface area (Å²) in [7, 11) is -3.51. The van der Waals surface area contributed by atoms with Crippen LogP contribution in [0.25, 0.3) is 0 Å². The van der Waals surface area contributed by atoms with Crippen molar-refractivity contribution in [2.75, 3.05) is 10.1 Å². The van der Waals surface area contributed by atoms with Crippen LogP contribution in [0.3, 0.4) is 0 Å². The quantitative estimate of drug-likeness (QED) is 0.406. The number of sulfonamides is 1. The van der Waals surface area contributed by atoms with Crippen LogP contribution in [0.2, 0.25) is 0 Å². The number of non-ortho nitro benzene ring substituents is 1. The van der Waals surface area contributed by atoms with Gasteiger partial charge < -0.3 is 4.74 Å². The molecule has 0 aliphatic carbocycles. The van der Waals surface area contributed by atoms with Gasteiger partial charge in [-0.2, -0.15) is 0 Å². The standard InChI is InChI=1S/C20H19N3O5S/c1-2-29(26,27)22(15-16-5-3-4-14-21-16)17-6-10-19(11-7-17)28-20-12-8-18(9-13-20)23(24)25/h3-14H,2,15H2,1H3. The van der Waals surface area contributed by atoms with Gasteiger partial charge >= 0.3 is 0 Å². The van der Waals surface area contributed by atoms with E-state index in [2.05, 4.69) is 4.98 Å². The molecule has 2 aromatic carbocycles. The highest BCUT2D eigenvalue weighted by molar-refractivity contribution is 7.92. The Morgan fingerprint density at radius 2 is 1.62 bits per heavy atom. The van der Waals surface area contributed by atoms with E-state index in [9.17, 15) is 18.5 Å². The van der Waals surface area contributed by atoms with Crippen LogP contribution in [0.1, 0.15) is 12.6 Å². The number of nitro benzene ring substituents is 1. The Labute approximate surface area is 168 Å². The van der Waals surface area contributed by atoms with E-state index in [4.69, 9.17) is 4.74 Å². The number of nitrogens with zero attached hydrogens (tertiary/aromatic N) is 3. The largest absolute Gasteiger partial charge is 0.457 e. The lowest BCUT2D eigenvalue weighted by Crippen LogP contribution is -2.32. The van der Waals surface area contributed by atoms with E-state index in [1.165, 1.54) is 28.6 Å². The summed E-state index contributed by atoms with van der Waals surface area (Å²) in [4.78, 5) is 14.4. The Hall–Kier alpha value is -3.46. The maximum atomic E-state index is 12.6. The predicted octanol–water partition coefficient (Wildman–Crippen LogP) is 4.14. The summed E-state index contributed by atoms with van der Waals surface area (Å²) in [5, 5.41) is 10.7. The molecule has 0 spiro atoms. The van der Waals surface area contributed by atoms with Crippen molar-refractivity contribution in [2.45, 2.75) is 13.5 Å². The van der Waals surface area contributed by atoms with Crippen molar-refractivity contribution in [3.63, 3.8) is 0 Å². The molecule has 150 valence electrons. The SMILES string of the molecule is CCS(=O)(=O)N(Cc1ccccn1)c1ccc(Oc2ccc([N+](=O)[O-])cc2)cc1. The summed E-state index contributed by atoms with van der Waals surface area (Å²) in [6.07, 6.45) is 1.62. The molecule has 0 fully saturated rings. The minimum Gasteiger partial charge on any atom is -0.457 e. The van der Waals surface area contributed by atoms with E-state index in [0.29, 0.717) is 22.9 Å². The van der Waals surface area contributed by atoms with Crippen molar-refractivity contribution < 1.29 is 18.1 Å². The molecule has 1 aromatic heterocycles. The molecule has 0 saturated heterocycles. The second-order valence-electron chi connectivity index (χ2n) is 6.08. The Kier molecular flexibility index (Phi) is 6.08. The molecule has 0 N–H and O–H groups in total. The third kappa shape index (κ3) is 5.08. The van der Waals surface area contributed by atoms with Gasteiger partial charge in [-0.05, 0) is 55.5 Å². The fraction of sp³-hybridized carbons (Fsp3) is 0.150. The number of benzene rings is 2. The van der Waals surface area contributed by atoms with Gasteiger partial charge in [0.05, 0.1) is 28.6 Å². The van der Waals surface area contributed by atoms with Crippen LogP contribution in [0.5, 0.6) is 11.5 Å². The van der Waals surface area contributed by atoms with Gasteiger partial charge in [-0.1, -0.05) is 6.07 Å². The van der Waals surface area contributed by atoms with Crippen molar-refractivity contribution in [1.29, 1.82) is 0 Å². The van der Waals surface area contributed by atoms with Crippen LogP contribution in [0, 0.1) is 10.1 Å². The molecule has 8 nitrogen and oxygen atoms in total. The average molecular weight is 413 g/mol. The first-order valence-corrected chi connectivity index (χ1v) is 10.4. The number of nitro groups is 1. The van der Waals surface area contributed by atoms with Crippen LogP contribution in [-0.2, 0) is 16.6 Å². The topological polar surface area (TPSA) is 103 Å². The zero-order chi connectivity index (χ0) is 20.9. The maximum absolute atomic E-state index is 12.6. The third-order valence-electron chi connectivity index (χ3n) is 4.14. The molecule has 0 unspecified atom stereocenters. The minimum atomic E-state index is -3.51. The molecule has 9 heteroatoms. The molecule has 0 radical (unpaired) electrons. The molecule has 29 heavy (non-hydrogen) atoms. The number of ether oxygens (including phenoxy) is 1. The highest BCUT2D eigenvalue weighted by Gasteiger charge is 2.21. The van der Waals surface area contributed by atoms with Crippen molar-refractivity contribution in [2.24, 2.45) is 0 Å². The van der Waals surface area contributed by atoms with E-state index in [1.807, 2.05) is 0 Å². The Bertz CT molecular complexity index is 1070. The molecule has 0 saturated carbocycles. The van der Waals surface area contributed by atoms with E-state index >= 15 is 0 Å². The van der Waals surface area contributed by atoms with Crippen LogP contribution >= 0.6 is 0 Å². The lowest BCUT2D eigenvalue weighted by Gasteiger charge is -2.23. The van der Waals surface area contributed by atoms with E-state index in [-0.39, 0.29) is 18.0 Å². The molecule has 3 rings (SSSR count). The molecule has 0 atom stereocenters. The van der Waals surface area contributed by atoms with Gasteiger partial charge in [0.15, 0.2) is 0 Å². The second kappa shape index (κ2) is 8.70. The molecular formula is C20H19N3O5S. The monoisotopic (exact) mass is 413 g/mol. The minimum absolute atomic E-state index is 0.0253.